The van der Waals surface area contributed by atoms with Crippen molar-refractivity contribution in [3.8, 4) is 0 Å². The topological polar surface area (TPSA) is 72.2 Å². The number of hydrogen-bond donors (Lipinski definition) is 2. The lowest BCUT2D eigenvalue weighted by Crippen LogP contribution is -2.52. The van der Waals surface area contributed by atoms with E-state index in [4.69, 9.17) is 5.73 Å². The Morgan fingerprint density at radius 1 is 1.39 bits per heavy atom. The number of benzene rings is 1. The minimum atomic E-state index is -3.50. The van der Waals surface area contributed by atoms with Crippen LogP contribution >= 0.6 is 15.9 Å². The molecule has 1 aliphatic rings. The van der Waals surface area contributed by atoms with Crippen LogP contribution in [0.25, 0.3) is 0 Å². The van der Waals surface area contributed by atoms with E-state index in [0.29, 0.717) is 12.5 Å². The van der Waals surface area contributed by atoms with Gasteiger partial charge in [-0.15, -0.1) is 0 Å². The molecule has 1 unspecified atom stereocenters. The predicted molar refractivity (Wildman–Crippen MR) is 74.6 cm³/mol. The fourth-order valence-electron chi connectivity index (χ4n) is 1.99. The molecular weight excluding hydrogens is 316 g/mol. The summed E-state index contributed by atoms with van der Waals surface area (Å²) in [7, 11) is -3.50. The molecule has 1 fully saturated rings. The first-order valence-electron chi connectivity index (χ1n) is 5.87. The Hall–Kier alpha value is -0.430. The minimum absolute atomic E-state index is 0.269. The fraction of sp³-hybridized carbons (Fsp3) is 0.500. The van der Waals surface area contributed by atoms with Crippen LogP contribution in [0.1, 0.15) is 19.8 Å². The number of nitrogens with one attached hydrogen (secondary N) is 1. The summed E-state index contributed by atoms with van der Waals surface area (Å²) in [5.41, 5.74) is 5.19. The van der Waals surface area contributed by atoms with E-state index in [0.717, 1.165) is 17.3 Å². The van der Waals surface area contributed by atoms with E-state index in [-0.39, 0.29) is 4.90 Å². The quantitative estimate of drug-likeness (QED) is 0.864. The van der Waals surface area contributed by atoms with Crippen molar-refractivity contribution in [2.75, 3.05) is 6.54 Å². The van der Waals surface area contributed by atoms with Gasteiger partial charge in [-0.2, -0.15) is 0 Å². The number of hydrogen-bond acceptors (Lipinski definition) is 3. The summed E-state index contributed by atoms with van der Waals surface area (Å²) in [5.74, 6) is 0.354. The molecule has 1 saturated carbocycles. The Bertz CT molecular complexity index is 526. The summed E-state index contributed by atoms with van der Waals surface area (Å²) in [4.78, 5) is 0.269. The van der Waals surface area contributed by atoms with Gasteiger partial charge in [0.15, 0.2) is 0 Å². The van der Waals surface area contributed by atoms with Gasteiger partial charge in [0, 0.05) is 16.6 Å². The smallest absolute Gasteiger partial charge is 0.241 e. The van der Waals surface area contributed by atoms with Gasteiger partial charge < -0.3 is 5.73 Å². The van der Waals surface area contributed by atoms with Crippen molar-refractivity contribution in [1.82, 2.24) is 4.72 Å². The van der Waals surface area contributed by atoms with Crippen molar-refractivity contribution in [1.29, 1.82) is 0 Å². The third-order valence-electron chi connectivity index (χ3n) is 3.39. The van der Waals surface area contributed by atoms with E-state index in [1.54, 1.807) is 24.3 Å². The van der Waals surface area contributed by atoms with E-state index in [2.05, 4.69) is 20.7 Å². The molecule has 1 aliphatic carbocycles. The Morgan fingerprint density at radius 2 is 1.94 bits per heavy atom. The largest absolute Gasteiger partial charge is 0.329 e. The van der Waals surface area contributed by atoms with Gasteiger partial charge in [-0.1, -0.05) is 15.9 Å². The molecule has 0 heterocycles. The summed E-state index contributed by atoms with van der Waals surface area (Å²) in [6.07, 6.45) is 2.08. The summed E-state index contributed by atoms with van der Waals surface area (Å²) < 4.78 is 28.1. The highest BCUT2D eigenvalue weighted by Gasteiger charge is 2.43. The second-order valence-corrected chi connectivity index (χ2v) is 7.55. The maximum absolute atomic E-state index is 12.3. The van der Waals surface area contributed by atoms with Crippen molar-refractivity contribution in [3.63, 3.8) is 0 Å². The van der Waals surface area contributed by atoms with Gasteiger partial charge in [0.1, 0.15) is 0 Å². The number of nitrogens with two attached hydrogens (primary N) is 1. The highest BCUT2D eigenvalue weighted by molar-refractivity contribution is 9.10. The second kappa shape index (κ2) is 4.92. The first-order chi connectivity index (χ1) is 8.37. The van der Waals surface area contributed by atoms with Crippen LogP contribution in [-0.2, 0) is 10.0 Å². The average molecular weight is 333 g/mol. The van der Waals surface area contributed by atoms with Crippen molar-refractivity contribution in [2.45, 2.75) is 30.2 Å². The Balaban J connectivity index is 2.23. The van der Waals surface area contributed by atoms with Gasteiger partial charge in [0.25, 0.3) is 0 Å². The predicted octanol–water partition coefficient (Wildman–Crippen LogP) is 1.85. The molecule has 3 N–H and O–H groups in total. The third kappa shape index (κ3) is 2.93. The number of halogens is 1. The number of rotatable bonds is 5. The number of sulfonamides is 1. The van der Waals surface area contributed by atoms with Crippen molar-refractivity contribution >= 4 is 26.0 Å². The van der Waals surface area contributed by atoms with Crippen LogP contribution < -0.4 is 10.5 Å². The van der Waals surface area contributed by atoms with Gasteiger partial charge in [-0.3, -0.25) is 0 Å². The van der Waals surface area contributed by atoms with E-state index in [1.807, 2.05) is 6.92 Å². The van der Waals surface area contributed by atoms with E-state index in [9.17, 15) is 8.42 Å². The summed E-state index contributed by atoms with van der Waals surface area (Å²) in [5, 5.41) is 0. The Morgan fingerprint density at radius 3 is 2.39 bits per heavy atom. The van der Waals surface area contributed by atoms with Crippen LogP contribution in [0.2, 0.25) is 0 Å². The molecule has 100 valence electrons. The SMILES string of the molecule is CC(CN)(NS(=O)(=O)c1ccc(Br)cc1)C1CC1. The lowest BCUT2D eigenvalue weighted by atomic mass is 9.98. The van der Waals surface area contributed by atoms with E-state index < -0.39 is 15.6 Å². The van der Waals surface area contributed by atoms with Crippen LogP contribution in [0.15, 0.2) is 33.6 Å². The van der Waals surface area contributed by atoms with Crippen LogP contribution in [-0.4, -0.2) is 20.5 Å². The molecule has 2 rings (SSSR count). The molecule has 1 aromatic rings. The normalized spacial score (nSPS) is 19.5. The van der Waals surface area contributed by atoms with Crippen LogP contribution in [0.3, 0.4) is 0 Å². The van der Waals surface area contributed by atoms with Crippen molar-refractivity contribution in [2.24, 2.45) is 11.7 Å². The average Bonchev–Trinajstić information content (AvgIpc) is 3.13. The van der Waals surface area contributed by atoms with Gasteiger partial charge in [-0.05, 0) is 49.9 Å². The summed E-state index contributed by atoms with van der Waals surface area (Å²) in [6, 6.07) is 6.59. The molecule has 18 heavy (non-hydrogen) atoms. The van der Waals surface area contributed by atoms with Crippen LogP contribution in [0, 0.1) is 5.92 Å². The summed E-state index contributed by atoms with van der Waals surface area (Å²) >= 11 is 3.29. The molecule has 0 bridgehead atoms. The maximum atomic E-state index is 12.3. The van der Waals surface area contributed by atoms with Crippen molar-refractivity contribution in [3.05, 3.63) is 28.7 Å². The molecule has 0 aliphatic heterocycles. The lowest BCUT2D eigenvalue weighted by Gasteiger charge is -2.29. The fourth-order valence-corrected chi connectivity index (χ4v) is 3.73. The minimum Gasteiger partial charge on any atom is -0.329 e. The zero-order valence-corrected chi connectivity index (χ0v) is 12.6. The Kier molecular flexibility index (Phi) is 3.82. The molecule has 1 aromatic carbocycles. The van der Waals surface area contributed by atoms with Gasteiger partial charge in [-0.25, -0.2) is 13.1 Å². The van der Waals surface area contributed by atoms with Crippen LogP contribution in [0.4, 0.5) is 0 Å². The summed E-state index contributed by atoms with van der Waals surface area (Å²) in [6.45, 7) is 2.19. The molecular formula is C12H17BrN2O2S. The highest BCUT2D eigenvalue weighted by Crippen LogP contribution is 2.39. The van der Waals surface area contributed by atoms with E-state index >= 15 is 0 Å². The standard InChI is InChI=1S/C12H17BrN2O2S/c1-12(8-14,9-2-3-9)15-18(16,17)11-6-4-10(13)5-7-11/h4-7,9,15H,2-3,8,14H2,1H3. The monoisotopic (exact) mass is 332 g/mol. The van der Waals surface area contributed by atoms with Gasteiger partial charge >= 0.3 is 0 Å². The molecule has 0 aromatic heterocycles. The zero-order valence-electron chi connectivity index (χ0n) is 10.2. The molecule has 4 nitrogen and oxygen atoms in total. The third-order valence-corrected chi connectivity index (χ3v) is 5.55. The van der Waals surface area contributed by atoms with E-state index in [1.165, 1.54) is 0 Å². The first-order valence-corrected chi connectivity index (χ1v) is 8.15. The highest BCUT2D eigenvalue weighted by atomic mass is 79.9. The molecule has 0 saturated heterocycles. The molecule has 1 atom stereocenters. The zero-order chi connectivity index (χ0) is 13.4. The van der Waals surface area contributed by atoms with Gasteiger partial charge in [0.2, 0.25) is 10.0 Å². The Labute approximate surface area is 116 Å². The molecule has 0 amide bonds. The molecule has 0 spiro atoms. The maximum Gasteiger partial charge on any atom is 0.241 e. The molecule has 6 heteroatoms. The van der Waals surface area contributed by atoms with Gasteiger partial charge in [0.05, 0.1) is 4.90 Å². The second-order valence-electron chi connectivity index (χ2n) is 4.96. The molecule has 0 radical (unpaired) electrons. The van der Waals surface area contributed by atoms with Crippen molar-refractivity contribution < 1.29 is 8.42 Å². The lowest BCUT2D eigenvalue weighted by molar-refractivity contribution is 0.374. The first kappa shape index (κ1) is 14.0. The van der Waals surface area contributed by atoms with Crippen LogP contribution in [0.5, 0.6) is 0 Å².